The molecule has 0 amide bonds. The molecule has 2 heterocycles. The Bertz CT molecular complexity index is 509. The number of Topliss-reactive ketones (excluding diaryl/α,β-unsaturated/α-hetero) is 1. The average molecular weight is 280 g/mol. The Kier molecular flexibility index (Phi) is 3.32. The largest absolute Gasteiger partial charge is 0.291 e. The predicted octanol–water partition coefficient (Wildman–Crippen LogP) is 1.47. The van der Waals surface area contributed by atoms with Crippen LogP contribution in [0.5, 0.6) is 0 Å². The van der Waals surface area contributed by atoms with Crippen LogP contribution in [-0.4, -0.2) is 36.6 Å². The van der Waals surface area contributed by atoms with Gasteiger partial charge in [0.25, 0.3) is 0 Å². The summed E-state index contributed by atoms with van der Waals surface area (Å²) in [5.41, 5.74) is 0.347. The molecule has 1 aliphatic rings. The Labute approximate surface area is 103 Å². The van der Waals surface area contributed by atoms with Crippen molar-refractivity contribution in [1.82, 2.24) is 4.98 Å². The van der Waals surface area contributed by atoms with Crippen LogP contribution in [-0.2, 0) is 9.84 Å². The molecule has 7 heteroatoms. The number of nitrogens with zero attached hydrogens (tertiary/aromatic N) is 1. The number of sulfone groups is 1. The van der Waals surface area contributed by atoms with Crippen LogP contribution in [0.25, 0.3) is 0 Å². The summed E-state index contributed by atoms with van der Waals surface area (Å²) in [6.07, 6.45) is 0.602. The quantitative estimate of drug-likeness (QED) is 0.621. The Hall–Kier alpha value is -0.460. The summed E-state index contributed by atoms with van der Waals surface area (Å²) in [6.45, 7) is 0. The van der Waals surface area contributed by atoms with E-state index in [0.29, 0.717) is 12.1 Å². The molecule has 1 saturated heterocycles. The van der Waals surface area contributed by atoms with Crippen LogP contribution >= 0.6 is 22.9 Å². The normalized spacial score (nSPS) is 23.4. The van der Waals surface area contributed by atoms with Gasteiger partial charge in [-0.15, -0.1) is 22.9 Å². The van der Waals surface area contributed by atoms with Gasteiger partial charge in [0.15, 0.2) is 15.6 Å². The molecule has 0 N–H and O–H groups in total. The molecule has 1 unspecified atom stereocenters. The van der Waals surface area contributed by atoms with E-state index in [1.807, 2.05) is 0 Å². The first-order chi connectivity index (χ1) is 7.52. The fraction of sp³-hybridized carbons (Fsp3) is 0.556. The van der Waals surface area contributed by atoms with E-state index in [4.69, 9.17) is 11.6 Å². The maximum absolute atomic E-state index is 11.3. The molecular formula is C9H10ClNO3S2. The van der Waals surface area contributed by atoms with Gasteiger partial charge in [-0.05, 0) is 6.42 Å². The fourth-order valence-corrected chi connectivity index (χ4v) is 4.61. The van der Waals surface area contributed by atoms with Crippen molar-refractivity contribution in [2.45, 2.75) is 12.3 Å². The third-order valence-electron chi connectivity index (χ3n) is 2.51. The van der Waals surface area contributed by atoms with E-state index < -0.39 is 9.84 Å². The van der Waals surface area contributed by atoms with E-state index >= 15 is 0 Å². The summed E-state index contributed by atoms with van der Waals surface area (Å²) < 4.78 is 22.6. The molecule has 16 heavy (non-hydrogen) atoms. The number of hydrogen-bond acceptors (Lipinski definition) is 5. The van der Waals surface area contributed by atoms with Crippen LogP contribution in [0.2, 0.25) is 0 Å². The second kappa shape index (κ2) is 4.43. The van der Waals surface area contributed by atoms with Crippen LogP contribution in [0.4, 0.5) is 0 Å². The van der Waals surface area contributed by atoms with Crippen molar-refractivity contribution in [2.24, 2.45) is 0 Å². The zero-order valence-electron chi connectivity index (χ0n) is 8.35. The number of rotatable bonds is 3. The smallest absolute Gasteiger partial charge is 0.196 e. The molecule has 0 spiro atoms. The molecule has 1 aromatic heterocycles. The van der Waals surface area contributed by atoms with E-state index in [1.165, 1.54) is 11.3 Å². The van der Waals surface area contributed by atoms with Gasteiger partial charge in [0.2, 0.25) is 0 Å². The molecule has 0 saturated carbocycles. The summed E-state index contributed by atoms with van der Waals surface area (Å²) in [7, 11) is -2.90. The fourth-order valence-electron chi connectivity index (χ4n) is 1.66. The van der Waals surface area contributed by atoms with E-state index in [-0.39, 0.29) is 29.1 Å². The molecule has 0 radical (unpaired) electrons. The lowest BCUT2D eigenvalue weighted by Crippen LogP contribution is -2.05. The first-order valence-electron chi connectivity index (χ1n) is 4.77. The molecule has 0 aromatic carbocycles. The number of hydrogen-bond donors (Lipinski definition) is 0. The number of carbonyl (C=O) groups is 1. The average Bonchev–Trinajstić information content (AvgIpc) is 2.83. The monoisotopic (exact) mass is 279 g/mol. The number of aromatic nitrogens is 1. The summed E-state index contributed by atoms with van der Waals surface area (Å²) >= 11 is 6.76. The standard InChI is InChI=1S/C9H10ClNO3S2/c10-3-8(12)7-4-15-9(11-7)6-1-2-16(13,14)5-6/h4,6H,1-3,5H2. The highest BCUT2D eigenvalue weighted by Crippen LogP contribution is 2.30. The van der Waals surface area contributed by atoms with Crippen LogP contribution in [0.3, 0.4) is 0 Å². The van der Waals surface area contributed by atoms with E-state index in [9.17, 15) is 13.2 Å². The van der Waals surface area contributed by atoms with Crippen molar-refractivity contribution in [3.05, 3.63) is 16.1 Å². The van der Waals surface area contributed by atoms with Crippen molar-refractivity contribution in [3.8, 4) is 0 Å². The Morgan fingerprint density at radius 3 is 2.94 bits per heavy atom. The van der Waals surface area contributed by atoms with Gasteiger partial charge in [0.1, 0.15) is 5.69 Å². The third-order valence-corrected chi connectivity index (χ3v) is 5.53. The summed E-state index contributed by atoms with van der Waals surface area (Å²) in [5, 5.41) is 2.37. The number of halogens is 1. The second-order valence-corrected chi connectivity index (χ2v) is 7.11. The minimum Gasteiger partial charge on any atom is -0.291 e. The topological polar surface area (TPSA) is 64.1 Å². The molecule has 88 valence electrons. The van der Waals surface area contributed by atoms with Gasteiger partial charge in [-0.25, -0.2) is 13.4 Å². The van der Waals surface area contributed by atoms with Crippen molar-refractivity contribution in [1.29, 1.82) is 0 Å². The van der Waals surface area contributed by atoms with Gasteiger partial charge in [-0.3, -0.25) is 4.79 Å². The molecule has 1 aromatic rings. The Morgan fingerprint density at radius 2 is 2.38 bits per heavy atom. The van der Waals surface area contributed by atoms with Gasteiger partial charge in [0, 0.05) is 11.3 Å². The summed E-state index contributed by atoms with van der Waals surface area (Å²) in [4.78, 5) is 15.4. The van der Waals surface area contributed by atoms with Crippen LogP contribution in [0.1, 0.15) is 27.8 Å². The van der Waals surface area contributed by atoms with Gasteiger partial charge in [0.05, 0.1) is 22.4 Å². The SMILES string of the molecule is O=C(CCl)c1csc(C2CCS(=O)(=O)C2)n1. The lowest BCUT2D eigenvalue weighted by Gasteiger charge is -2.00. The minimum absolute atomic E-state index is 0.0492. The Morgan fingerprint density at radius 1 is 1.62 bits per heavy atom. The van der Waals surface area contributed by atoms with E-state index in [0.717, 1.165) is 5.01 Å². The molecule has 1 fully saturated rings. The summed E-state index contributed by atoms with van der Waals surface area (Å²) in [5.74, 6) is 0.00823. The van der Waals surface area contributed by atoms with Gasteiger partial charge in [-0.1, -0.05) is 0 Å². The molecule has 1 aliphatic heterocycles. The molecule has 2 rings (SSSR count). The highest BCUT2D eigenvalue weighted by Gasteiger charge is 2.31. The maximum Gasteiger partial charge on any atom is 0.196 e. The minimum atomic E-state index is -2.90. The second-order valence-electron chi connectivity index (χ2n) is 3.73. The zero-order chi connectivity index (χ0) is 11.8. The summed E-state index contributed by atoms with van der Waals surface area (Å²) in [6, 6.07) is 0. The lowest BCUT2D eigenvalue weighted by molar-refractivity contribution is 0.101. The number of carbonyl (C=O) groups excluding carboxylic acids is 1. The molecule has 1 atom stereocenters. The van der Waals surface area contributed by atoms with Gasteiger partial charge in [-0.2, -0.15) is 0 Å². The third kappa shape index (κ3) is 2.44. The predicted molar refractivity (Wildman–Crippen MR) is 63.2 cm³/mol. The first-order valence-corrected chi connectivity index (χ1v) is 8.00. The number of ketones is 1. The van der Waals surface area contributed by atoms with Crippen molar-refractivity contribution in [3.63, 3.8) is 0 Å². The molecule has 0 aliphatic carbocycles. The molecular weight excluding hydrogens is 270 g/mol. The zero-order valence-corrected chi connectivity index (χ0v) is 10.7. The first kappa shape index (κ1) is 12.0. The lowest BCUT2D eigenvalue weighted by atomic mass is 10.1. The maximum atomic E-state index is 11.3. The van der Waals surface area contributed by atoms with Crippen molar-refractivity contribution < 1.29 is 13.2 Å². The molecule has 4 nitrogen and oxygen atoms in total. The van der Waals surface area contributed by atoms with E-state index in [1.54, 1.807) is 5.38 Å². The van der Waals surface area contributed by atoms with Gasteiger partial charge < -0.3 is 0 Å². The van der Waals surface area contributed by atoms with Crippen molar-refractivity contribution >= 4 is 38.6 Å². The van der Waals surface area contributed by atoms with Crippen LogP contribution in [0.15, 0.2) is 5.38 Å². The van der Waals surface area contributed by atoms with Gasteiger partial charge >= 0.3 is 0 Å². The number of thiazole rings is 1. The van der Waals surface area contributed by atoms with Crippen LogP contribution in [0, 0.1) is 0 Å². The number of alkyl halides is 1. The highest BCUT2D eigenvalue weighted by molar-refractivity contribution is 7.91. The molecule has 0 bridgehead atoms. The van der Waals surface area contributed by atoms with Crippen LogP contribution < -0.4 is 0 Å². The van der Waals surface area contributed by atoms with Crippen molar-refractivity contribution in [2.75, 3.05) is 17.4 Å². The highest BCUT2D eigenvalue weighted by atomic mass is 35.5. The Balaban J connectivity index is 2.17. The van der Waals surface area contributed by atoms with E-state index in [2.05, 4.69) is 4.98 Å².